The van der Waals surface area contributed by atoms with Crippen molar-refractivity contribution < 1.29 is 12.8 Å². The number of nitrogens with zero attached hydrogens (tertiary/aromatic N) is 1. The van der Waals surface area contributed by atoms with Crippen LogP contribution in [0.3, 0.4) is 0 Å². The predicted octanol–water partition coefficient (Wildman–Crippen LogP) is -0.0258. The van der Waals surface area contributed by atoms with E-state index in [4.69, 9.17) is 0 Å². The molecule has 0 aliphatic rings. The number of nitrogens with one attached hydrogen (secondary N) is 1. The molecule has 0 radical (unpaired) electrons. The topological polar surface area (TPSA) is 89.0 Å². The Morgan fingerprint density at radius 2 is 2.06 bits per heavy atom. The van der Waals surface area contributed by atoms with Crippen LogP contribution in [0.15, 0.2) is 37.5 Å². The van der Waals surface area contributed by atoms with Crippen LogP contribution < -0.4 is 11.2 Å². The number of rotatable bonds is 2. The number of H-pyrrole nitrogens is 1. The van der Waals surface area contributed by atoms with Crippen molar-refractivity contribution in [1.29, 1.82) is 0 Å². The first-order valence-corrected chi connectivity index (χ1v) is 6.55. The molecule has 0 saturated carbocycles. The Morgan fingerprint density at radius 3 is 2.65 bits per heavy atom. The van der Waals surface area contributed by atoms with E-state index < -0.39 is 27.1 Å². The molecular weight excluding hydrogens is 271 g/mol. The van der Waals surface area contributed by atoms with Gasteiger partial charge in [-0.1, -0.05) is 6.07 Å². The number of hydrogen-bond acceptors (Lipinski definition) is 5. The minimum atomic E-state index is -4.15. The molecule has 0 bridgehead atoms. The summed E-state index contributed by atoms with van der Waals surface area (Å²) in [4.78, 5) is 23.6. The predicted molar refractivity (Wildman–Crippen MR) is 58.2 cm³/mol. The van der Waals surface area contributed by atoms with Gasteiger partial charge in [0.15, 0.2) is 0 Å². The Bertz CT molecular complexity index is 758. The van der Waals surface area contributed by atoms with E-state index in [1.165, 1.54) is 17.5 Å². The van der Waals surface area contributed by atoms with Crippen LogP contribution in [0.1, 0.15) is 0 Å². The molecule has 17 heavy (non-hydrogen) atoms. The molecule has 0 spiro atoms. The Balaban J connectivity index is 2.76. The van der Waals surface area contributed by atoms with Crippen LogP contribution in [0.2, 0.25) is 0 Å². The van der Waals surface area contributed by atoms with Crippen molar-refractivity contribution >= 4 is 21.4 Å². The van der Waals surface area contributed by atoms with Gasteiger partial charge in [-0.15, -0.1) is 11.3 Å². The molecule has 2 rings (SSSR count). The quantitative estimate of drug-likeness (QED) is 0.834. The van der Waals surface area contributed by atoms with Crippen LogP contribution >= 0.6 is 11.3 Å². The van der Waals surface area contributed by atoms with Crippen LogP contribution in [-0.4, -0.2) is 17.4 Å². The second-order valence-electron chi connectivity index (χ2n) is 2.97. The van der Waals surface area contributed by atoms with Gasteiger partial charge in [0.25, 0.3) is 15.6 Å². The van der Waals surface area contributed by atoms with E-state index in [0.29, 0.717) is 6.20 Å². The van der Waals surface area contributed by atoms with Crippen molar-refractivity contribution in [1.82, 2.24) is 8.96 Å². The van der Waals surface area contributed by atoms with Crippen LogP contribution in [0.25, 0.3) is 0 Å². The molecule has 0 unspecified atom stereocenters. The number of aromatic nitrogens is 2. The van der Waals surface area contributed by atoms with Gasteiger partial charge in [0.05, 0.1) is 6.20 Å². The molecular formula is C8H5FN2O4S2. The summed E-state index contributed by atoms with van der Waals surface area (Å²) in [6.45, 7) is 0. The summed E-state index contributed by atoms with van der Waals surface area (Å²) < 4.78 is 36.7. The molecule has 2 aromatic rings. The summed E-state index contributed by atoms with van der Waals surface area (Å²) in [5.74, 6) is -1.34. The molecule has 6 nitrogen and oxygen atoms in total. The lowest BCUT2D eigenvalue weighted by atomic mass is 10.6. The van der Waals surface area contributed by atoms with Crippen molar-refractivity contribution in [3.63, 3.8) is 0 Å². The second-order valence-corrected chi connectivity index (χ2v) is 5.96. The highest BCUT2D eigenvalue weighted by Gasteiger charge is 2.21. The normalized spacial score (nSPS) is 11.6. The third-order valence-corrected chi connectivity index (χ3v) is 4.89. The van der Waals surface area contributed by atoms with E-state index in [2.05, 4.69) is 0 Å². The zero-order valence-electron chi connectivity index (χ0n) is 8.08. The van der Waals surface area contributed by atoms with E-state index in [0.717, 1.165) is 11.3 Å². The minimum Gasteiger partial charge on any atom is -0.271 e. The summed E-state index contributed by atoms with van der Waals surface area (Å²) in [5, 5.41) is 1.50. The van der Waals surface area contributed by atoms with Crippen LogP contribution in [-0.2, 0) is 10.0 Å². The molecule has 90 valence electrons. The van der Waals surface area contributed by atoms with Gasteiger partial charge in [0.2, 0.25) is 5.82 Å². The summed E-state index contributed by atoms with van der Waals surface area (Å²) >= 11 is 0.881. The molecule has 0 atom stereocenters. The van der Waals surface area contributed by atoms with Gasteiger partial charge in [0.1, 0.15) is 4.21 Å². The summed E-state index contributed by atoms with van der Waals surface area (Å²) in [7, 11) is -4.15. The fourth-order valence-electron chi connectivity index (χ4n) is 1.12. The van der Waals surface area contributed by atoms with Gasteiger partial charge < -0.3 is 0 Å². The number of thiophene rings is 1. The van der Waals surface area contributed by atoms with Crippen molar-refractivity contribution in [3.8, 4) is 0 Å². The molecule has 0 fully saturated rings. The van der Waals surface area contributed by atoms with Gasteiger partial charge in [-0.2, -0.15) is 16.8 Å². The van der Waals surface area contributed by atoms with Crippen molar-refractivity contribution in [3.05, 3.63) is 50.4 Å². The SMILES string of the molecule is O=c1[nH]c(=O)n(S(=O)(=O)c2cccs2)cc1F. The highest BCUT2D eigenvalue weighted by atomic mass is 32.2. The van der Waals surface area contributed by atoms with Crippen LogP contribution in [0, 0.1) is 5.82 Å². The Hall–Kier alpha value is -1.74. The summed E-state index contributed by atoms with van der Waals surface area (Å²) in [5.41, 5.74) is -2.46. The first-order chi connectivity index (χ1) is 7.93. The van der Waals surface area contributed by atoms with E-state index in [9.17, 15) is 22.4 Å². The first-order valence-electron chi connectivity index (χ1n) is 4.23. The second kappa shape index (κ2) is 3.93. The maximum Gasteiger partial charge on any atom is 0.342 e. The van der Waals surface area contributed by atoms with Crippen LogP contribution in [0.5, 0.6) is 0 Å². The highest BCUT2D eigenvalue weighted by molar-refractivity contribution is 7.92. The highest BCUT2D eigenvalue weighted by Crippen LogP contribution is 2.17. The lowest BCUT2D eigenvalue weighted by Gasteiger charge is -2.03. The molecule has 0 aliphatic carbocycles. The maximum absolute atomic E-state index is 13.0. The smallest absolute Gasteiger partial charge is 0.271 e. The molecule has 2 heterocycles. The van der Waals surface area contributed by atoms with E-state index in [1.807, 2.05) is 0 Å². The average Bonchev–Trinajstić information content (AvgIpc) is 2.77. The molecule has 1 N–H and O–H groups in total. The van der Waals surface area contributed by atoms with Gasteiger partial charge >= 0.3 is 5.69 Å². The molecule has 9 heteroatoms. The van der Waals surface area contributed by atoms with Gasteiger partial charge in [0, 0.05) is 0 Å². The number of halogens is 1. The summed E-state index contributed by atoms with van der Waals surface area (Å²) in [6, 6.07) is 2.75. The summed E-state index contributed by atoms with van der Waals surface area (Å²) in [6.07, 6.45) is 0.357. The fraction of sp³-hybridized carbons (Fsp3) is 0. The molecule has 0 aliphatic heterocycles. The van der Waals surface area contributed by atoms with E-state index >= 15 is 0 Å². The van der Waals surface area contributed by atoms with Crippen molar-refractivity contribution in [2.24, 2.45) is 0 Å². The third kappa shape index (κ3) is 1.94. The average molecular weight is 276 g/mol. The zero-order chi connectivity index (χ0) is 12.6. The largest absolute Gasteiger partial charge is 0.342 e. The Morgan fingerprint density at radius 1 is 1.35 bits per heavy atom. The molecule has 0 aromatic carbocycles. The lowest BCUT2D eigenvalue weighted by Crippen LogP contribution is -2.35. The van der Waals surface area contributed by atoms with Gasteiger partial charge in [-0.3, -0.25) is 9.78 Å². The van der Waals surface area contributed by atoms with Crippen LogP contribution in [0.4, 0.5) is 4.39 Å². The third-order valence-electron chi connectivity index (χ3n) is 1.88. The number of aromatic amines is 1. The zero-order valence-corrected chi connectivity index (χ0v) is 9.72. The molecule has 0 saturated heterocycles. The van der Waals surface area contributed by atoms with Crippen molar-refractivity contribution in [2.45, 2.75) is 4.21 Å². The van der Waals surface area contributed by atoms with Gasteiger partial charge in [-0.25, -0.2) is 4.79 Å². The number of hydrogen-bond donors (Lipinski definition) is 1. The fourth-order valence-corrected chi connectivity index (χ4v) is 3.40. The monoisotopic (exact) mass is 276 g/mol. The van der Waals surface area contributed by atoms with Gasteiger partial charge in [-0.05, 0) is 11.4 Å². The molecule has 2 aromatic heterocycles. The Kier molecular flexibility index (Phi) is 2.71. The molecule has 0 amide bonds. The first kappa shape index (κ1) is 11.7. The standard InChI is InChI=1S/C8H5FN2O4S2/c9-5-4-11(8(13)10-7(5)12)17(14,15)6-2-1-3-16-6/h1-4H,(H,10,12,13). The van der Waals surface area contributed by atoms with Crippen molar-refractivity contribution in [2.75, 3.05) is 0 Å². The van der Waals surface area contributed by atoms with E-state index in [1.54, 1.807) is 4.98 Å². The lowest BCUT2D eigenvalue weighted by molar-refractivity contribution is 0.566. The maximum atomic E-state index is 13.0. The van der Waals surface area contributed by atoms with E-state index in [-0.39, 0.29) is 8.18 Å². The Labute approximate surface area is 98.0 Å². The minimum absolute atomic E-state index is 0.119.